The van der Waals surface area contributed by atoms with Gasteiger partial charge in [-0.3, -0.25) is 9.59 Å². The summed E-state index contributed by atoms with van der Waals surface area (Å²) in [6, 6.07) is 13.3. The summed E-state index contributed by atoms with van der Waals surface area (Å²) < 4.78 is 9.65. The van der Waals surface area contributed by atoms with Gasteiger partial charge in [-0.1, -0.05) is 83.5 Å². The quantitative estimate of drug-likeness (QED) is 0.109. The van der Waals surface area contributed by atoms with Crippen LogP contribution in [-0.4, -0.2) is 92.1 Å². The van der Waals surface area contributed by atoms with Crippen molar-refractivity contribution in [1.82, 2.24) is 40.4 Å². The molecule has 7 rings (SSSR count). The van der Waals surface area contributed by atoms with E-state index in [1.165, 1.54) is 26.2 Å². The lowest BCUT2D eigenvalue weighted by Gasteiger charge is -2.32. The van der Waals surface area contributed by atoms with E-state index in [1.807, 2.05) is 56.8 Å². The van der Waals surface area contributed by atoms with Gasteiger partial charge in [0.05, 0.1) is 50.1 Å². The van der Waals surface area contributed by atoms with E-state index in [1.54, 1.807) is 0 Å². The Kier molecular flexibility index (Phi) is 13.4. The Labute approximate surface area is 365 Å². The Morgan fingerprint density at radius 3 is 1.61 bits per heavy atom. The molecule has 1 aliphatic carbocycles. The number of hydrogen-bond donors (Lipinski definition) is 4. The lowest BCUT2D eigenvalue weighted by Crippen LogP contribution is -2.52. The lowest BCUT2D eigenvalue weighted by molar-refractivity contribution is -0.138. The van der Waals surface area contributed by atoms with Gasteiger partial charge in [0.2, 0.25) is 11.8 Å². The van der Waals surface area contributed by atoms with Crippen LogP contribution in [-0.2, 0) is 19.1 Å². The van der Waals surface area contributed by atoms with Crippen molar-refractivity contribution < 1.29 is 28.7 Å². The number of amides is 4. The fourth-order valence-electron chi connectivity index (χ4n) is 9.92. The number of benzene rings is 2. The molecular weight excluding hydrogens is 785 g/mol. The summed E-state index contributed by atoms with van der Waals surface area (Å²) in [5, 5.41) is 5.49. The summed E-state index contributed by atoms with van der Waals surface area (Å²) >= 11 is 0. The molecule has 4 amide bonds. The van der Waals surface area contributed by atoms with E-state index in [-0.39, 0.29) is 47.8 Å². The van der Waals surface area contributed by atoms with Gasteiger partial charge < -0.3 is 39.9 Å². The predicted octanol–water partition coefficient (Wildman–Crippen LogP) is 8.90. The third-order valence-electron chi connectivity index (χ3n) is 13.5. The van der Waals surface area contributed by atoms with Crippen LogP contribution in [0.15, 0.2) is 54.9 Å². The molecule has 62 heavy (non-hydrogen) atoms. The normalized spacial score (nSPS) is 23.5. The van der Waals surface area contributed by atoms with E-state index in [0.29, 0.717) is 11.8 Å². The first-order valence-corrected chi connectivity index (χ1v) is 22.4. The van der Waals surface area contributed by atoms with E-state index in [0.717, 1.165) is 83.8 Å². The molecule has 2 aromatic carbocycles. The van der Waals surface area contributed by atoms with Crippen LogP contribution in [0, 0.1) is 17.8 Å². The lowest BCUT2D eigenvalue weighted by atomic mass is 9.88. The van der Waals surface area contributed by atoms with Crippen molar-refractivity contribution in [2.45, 2.75) is 136 Å². The maximum Gasteiger partial charge on any atom is 0.407 e. The minimum atomic E-state index is -0.708. The van der Waals surface area contributed by atoms with Crippen LogP contribution in [0.5, 0.6) is 0 Å². The highest BCUT2D eigenvalue weighted by Gasteiger charge is 2.43. The average Bonchev–Trinajstić information content (AvgIpc) is 4.12. The standard InChI is InChI=1S/C48H64N8O6/c1-26(2)41(53-47(59)61-8)45(57)55-29(6)11-20-39(55)43-49-24-37(51-43)32-16-14-31(15-17-32)33-18-19-35(36(23-33)34-13-10-28(5)22-34)38-25-50-44(52-38)40-21-12-30(7)56(40)46(58)42(27(3)4)54-48(60)62-9/h14-19,23-30,34,39-42H,10-13,20-22H2,1-9H3,(H,49,51)(H,50,52)(H,53,59)(H,54,60)/t28?,29-,30-,34?,39-,40-,41-,42-/m0/s1. The highest BCUT2D eigenvalue weighted by Crippen LogP contribution is 2.44. The minimum absolute atomic E-state index is 0.00179. The Bertz CT molecular complexity index is 2230. The fourth-order valence-corrected chi connectivity index (χ4v) is 9.92. The summed E-state index contributed by atoms with van der Waals surface area (Å²) in [6.45, 7) is 14.1. The van der Waals surface area contributed by atoms with Crippen molar-refractivity contribution in [3.8, 4) is 33.6 Å². The topological polar surface area (TPSA) is 175 Å². The zero-order valence-corrected chi connectivity index (χ0v) is 37.7. The van der Waals surface area contributed by atoms with Crippen molar-refractivity contribution in [2.24, 2.45) is 17.8 Å². The molecule has 4 heterocycles. The molecule has 2 saturated heterocycles. The first-order chi connectivity index (χ1) is 29.7. The highest BCUT2D eigenvalue weighted by atomic mass is 16.5. The summed E-state index contributed by atoms with van der Waals surface area (Å²) in [6.07, 6.45) is 9.14. The fraction of sp³-hybridized carbons (Fsp3) is 0.542. The molecule has 8 atom stereocenters. The Morgan fingerprint density at radius 1 is 0.645 bits per heavy atom. The summed E-state index contributed by atoms with van der Waals surface area (Å²) in [4.78, 5) is 72.7. The predicted molar refractivity (Wildman–Crippen MR) is 238 cm³/mol. The zero-order chi connectivity index (χ0) is 44.4. The molecule has 3 aliphatic rings. The van der Waals surface area contributed by atoms with Gasteiger partial charge in [0.15, 0.2) is 0 Å². The second kappa shape index (κ2) is 18.8. The Balaban J connectivity index is 1.12. The first-order valence-electron chi connectivity index (χ1n) is 22.4. The van der Waals surface area contributed by atoms with Crippen molar-refractivity contribution in [2.75, 3.05) is 14.2 Å². The van der Waals surface area contributed by atoms with Gasteiger partial charge >= 0.3 is 12.2 Å². The molecule has 332 valence electrons. The third kappa shape index (κ3) is 9.10. The summed E-state index contributed by atoms with van der Waals surface area (Å²) in [5.41, 5.74) is 7.45. The number of nitrogens with zero attached hydrogens (tertiary/aromatic N) is 4. The van der Waals surface area contributed by atoms with E-state index >= 15 is 0 Å². The van der Waals surface area contributed by atoms with Crippen LogP contribution in [0.25, 0.3) is 33.6 Å². The molecule has 2 aromatic heterocycles. The number of rotatable bonds is 12. The van der Waals surface area contributed by atoms with Gasteiger partial charge in [-0.15, -0.1) is 0 Å². The van der Waals surface area contributed by atoms with Crippen LogP contribution < -0.4 is 10.6 Å². The van der Waals surface area contributed by atoms with Crippen molar-refractivity contribution >= 4 is 24.0 Å². The van der Waals surface area contributed by atoms with E-state index in [4.69, 9.17) is 19.4 Å². The smallest absolute Gasteiger partial charge is 0.407 e. The van der Waals surface area contributed by atoms with Crippen molar-refractivity contribution in [3.63, 3.8) is 0 Å². The summed E-state index contributed by atoms with van der Waals surface area (Å²) in [5.74, 6) is 2.03. The molecule has 2 unspecified atom stereocenters. The molecule has 14 heteroatoms. The maximum absolute atomic E-state index is 14.0. The van der Waals surface area contributed by atoms with Crippen LogP contribution in [0.4, 0.5) is 9.59 Å². The number of imidazole rings is 2. The number of aromatic amines is 2. The molecule has 2 aliphatic heterocycles. The summed E-state index contributed by atoms with van der Waals surface area (Å²) in [7, 11) is 2.60. The van der Waals surface area contributed by atoms with Gasteiger partial charge in [0.1, 0.15) is 23.7 Å². The first kappa shape index (κ1) is 44.4. The number of carbonyl (C=O) groups is 4. The second-order valence-corrected chi connectivity index (χ2v) is 18.4. The molecule has 0 spiro atoms. The van der Waals surface area contributed by atoms with E-state index in [9.17, 15) is 19.2 Å². The van der Waals surface area contributed by atoms with E-state index < -0.39 is 24.3 Å². The van der Waals surface area contributed by atoms with Crippen LogP contribution in [0.2, 0.25) is 0 Å². The van der Waals surface area contributed by atoms with Gasteiger partial charge in [-0.25, -0.2) is 19.6 Å². The molecule has 0 radical (unpaired) electrons. The number of likely N-dealkylation sites (tertiary alicyclic amines) is 2. The second-order valence-electron chi connectivity index (χ2n) is 18.4. The monoisotopic (exact) mass is 848 g/mol. The average molecular weight is 849 g/mol. The Hall–Kier alpha value is -5.66. The number of H-pyrrole nitrogens is 2. The number of carbonyl (C=O) groups excluding carboxylic acids is 4. The highest BCUT2D eigenvalue weighted by molar-refractivity contribution is 5.87. The number of alkyl carbamates (subject to hydrolysis) is 2. The van der Waals surface area contributed by atoms with Gasteiger partial charge in [0.25, 0.3) is 0 Å². The van der Waals surface area contributed by atoms with Crippen LogP contribution in [0.3, 0.4) is 0 Å². The molecule has 4 aromatic rings. The molecule has 3 fully saturated rings. The molecule has 14 nitrogen and oxygen atoms in total. The van der Waals surface area contributed by atoms with E-state index in [2.05, 4.69) is 76.9 Å². The zero-order valence-electron chi connectivity index (χ0n) is 37.7. The van der Waals surface area contributed by atoms with Gasteiger partial charge in [-0.2, -0.15) is 0 Å². The largest absolute Gasteiger partial charge is 0.453 e. The molecule has 4 N–H and O–H groups in total. The SMILES string of the molecule is COC(=O)N[C@H](C(=O)N1[C@@H](C)CC[C@H]1c1ncc(-c2ccc(-c3ccc(-c4cnc([C@@H]5CC[C@H](C)N5C(=O)[C@@H](NC(=O)OC)C(C)C)[nH]4)c(C4CCC(C)C4)c3)cc2)[nH]1)C(C)C. The third-order valence-corrected chi connectivity index (χ3v) is 13.5. The van der Waals surface area contributed by atoms with Crippen LogP contribution >= 0.6 is 0 Å². The molecular formula is C48H64N8O6. The maximum atomic E-state index is 14.0. The number of nitrogens with one attached hydrogen (secondary N) is 4. The number of hydrogen-bond acceptors (Lipinski definition) is 8. The number of methoxy groups -OCH3 is 2. The minimum Gasteiger partial charge on any atom is -0.453 e. The van der Waals surface area contributed by atoms with Crippen LogP contribution in [0.1, 0.15) is 129 Å². The molecule has 1 saturated carbocycles. The van der Waals surface area contributed by atoms with Gasteiger partial charge in [0, 0.05) is 17.6 Å². The Morgan fingerprint density at radius 2 is 1.13 bits per heavy atom. The van der Waals surface area contributed by atoms with Crippen molar-refractivity contribution in [1.29, 1.82) is 0 Å². The number of aromatic nitrogens is 4. The number of ether oxygens (including phenoxy) is 2. The van der Waals surface area contributed by atoms with Crippen molar-refractivity contribution in [3.05, 3.63) is 72.1 Å². The molecule has 0 bridgehead atoms. The van der Waals surface area contributed by atoms with Gasteiger partial charge in [-0.05, 0) is 98.3 Å².